The Kier molecular flexibility index (Phi) is 5.78. The molecule has 0 aliphatic carbocycles. The van der Waals surface area contributed by atoms with Crippen molar-refractivity contribution in [2.75, 3.05) is 37.7 Å². The van der Waals surface area contributed by atoms with Crippen molar-refractivity contribution in [1.82, 2.24) is 4.90 Å². The number of hydrogen-bond acceptors (Lipinski definition) is 3. The van der Waals surface area contributed by atoms with E-state index in [1.165, 1.54) is 0 Å². The molecule has 118 valence electrons. The number of piperazine rings is 1. The first-order valence-electron chi connectivity index (χ1n) is 7.50. The van der Waals surface area contributed by atoms with Crippen LogP contribution in [0, 0.1) is 0 Å². The monoisotopic (exact) mass is 330 g/mol. The molecular formula is C16H24Cl2N2O. The number of hydrogen-bond donors (Lipinski definition) is 1. The quantitative estimate of drug-likeness (QED) is 0.892. The first-order chi connectivity index (χ1) is 9.95. The smallest absolute Gasteiger partial charge is 0.0825 e. The zero-order chi connectivity index (χ0) is 15.5. The van der Waals surface area contributed by atoms with Crippen LogP contribution in [-0.4, -0.2) is 48.3 Å². The second kappa shape index (κ2) is 7.19. The summed E-state index contributed by atoms with van der Waals surface area (Å²) in [5.74, 6) is 0. The van der Waals surface area contributed by atoms with Gasteiger partial charge in [-0.2, -0.15) is 0 Å². The predicted octanol–water partition coefficient (Wildman–Crippen LogP) is 3.67. The first kappa shape index (κ1) is 16.9. The van der Waals surface area contributed by atoms with E-state index in [2.05, 4.69) is 23.6 Å². The maximum atomic E-state index is 9.02. The molecule has 1 N–H and O–H groups in total. The molecule has 0 atom stereocenters. The predicted molar refractivity (Wildman–Crippen MR) is 90.6 cm³/mol. The average Bonchev–Trinajstić information content (AvgIpc) is 2.48. The lowest BCUT2D eigenvalue weighted by molar-refractivity contribution is 0.0952. The molecule has 3 nitrogen and oxygen atoms in total. The summed E-state index contributed by atoms with van der Waals surface area (Å²) in [5, 5.41) is 10.3. The van der Waals surface area contributed by atoms with Crippen molar-refractivity contribution in [3.63, 3.8) is 0 Å². The van der Waals surface area contributed by atoms with Crippen molar-refractivity contribution >= 4 is 28.9 Å². The van der Waals surface area contributed by atoms with E-state index in [9.17, 15) is 0 Å². The number of aliphatic hydroxyl groups is 1. The molecule has 2 rings (SSSR count). The number of nitrogens with zero attached hydrogens (tertiary/aromatic N) is 2. The van der Waals surface area contributed by atoms with E-state index >= 15 is 0 Å². The lowest BCUT2D eigenvalue weighted by atomic mass is 9.95. The highest BCUT2D eigenvalue weighted by Crippen LogP contribution is 2.33. The van der Waals surface area contributed by atoms with Gasteiger partial charge in [0.15, 0.2) is 0 Å². The van der Waals surface area contributed by atoms with Crippen molar-refractivity contribution in [2.24, 2.45) is 0 Å². The Morgan fingerprint density at radius 2 is 1.81 bits per heavy atom. The molecule has 1 aliphatic heterocycles. The minimum absolute atomic E-state index is 0.132. The van der Waals surface area contributed by atoms with Crippen molar-refractivity contribution in [3.05, 3.63) is 28.2 Å². The number of benzene rings is 1. The van der Waals surface area contributed by atoms with E-state index in [4.69, 9.17) is 28.3 Å². The number of anilines is 1. The van der Waals surface area contributed by atoms with Crippen molar-refractivity contribution < 1.29 is 5.11 Å². The van der Waals surface area contributed by atoms with Crippen molar-refractivity contribution in [2.45, 2.75) is 32.2 Å². The van der Waals surface area contributed by atoms with Gasteiger partial charge in [-0.05, 0) is 38.8 Å². The minimum atomic E-state index is 0.132. The van der Waals surface area contributed by atoms with Crippen LogP contribution in [0.4, 0.5) is 5.69 Å². The molecule has 5 heteroatoms. The largest absolute Gasteiger partial charge is 0.396 e. The van der Waals surface area contributed by atoms with Crippen LogP contribution >= 0.6 is 23.2 Å². The molecule has 0 aromatic heterocycles. The second-order valence-corrected chi connectivity index (χ2v) is 6.97. The van der Waals surface area contributed by atoms with Gasteiger partial charge < -0.3 is 10.0 Å². The van der Waals surface area contributed by atoms with Gasteiger partial charge in [0.25, 0.3) is 0 Å². The van der Waals surface area contributed by atoms with Gasteiger partial charge in [-0.1, -0.05) is 29.3 Å². The molecule has 0 radical (unpaired) electrons. The molecule has 21 heavy (non-hydrogen) atoms. The Morgan fingerprint density at radius 3 is 2.43 bits per heavy atom. The van der Waals surface area contributed by atoms with E-state index in [1.54, 1.807) is 0 Å². The normalized spacial score (nSPS) is 17.3. The second-order valence-electron chi connectivity index (χ2n) is 6.19. The third-order valence-corrected chi connectivity index (χ3v) is 5.16. The highest BCUT2D eigenvalue weighted by atomic mass is 35.5. The number of rotatable bonds is 5. The fourth-order valence-electron chi connectivity index (χ4n) is 2.96. The molecule has 0 amide bonds. The summed E-state index contributed by atoms with van der Waals surface area (Å²) < 4.78 is 0. The van der Waals surface area contributed by atoms with E-state index in [0.29, 0.717) is 10.0 Å². The molecule has 1 heterocycles. The summed E-state index contributed by atoms with van der Waals surface area (Å²) in [5.41, 5.74) is 1.16. The molecule has 1 aromatic carbocycles. The maximum absolute atomic E-state index is 9.02. The Balaban J connectivity index is 1.98. The third-order valence-electron chi connectivity index (χ3n) is 4.35. The maximum Gasteiger partial charge on any atom is 0.0825 e. The SMILES string of the molecule is CC(C)(CCCO)N1CCN(c2cccc(Cl)c2Cl)CC1. The van der Waals surface area contributed by atoms with Crippen LogP contribution in [-0.2, 0) is 0 Å². The van der Waals surface area contributed by atoms with E-state index in [-0.39, 0.29) is 12.1 Å². The summed E-state index contributed by atoms with van der Waals surface area (Å²) in [6.45, 7) is 8.67. The van der Waals surface area contributed by atoms with Crippen LogP contribution in [0.3, 0.4) is 0 Å². The van der Waals surface area contributed by atoms with Crippen molar-refractivity contribution in [1.29, 1.82) is 0 Å². The molecule has 0 spiro atoms. The lowest BCUT2D eigenvalue weighted by Gasteiger charge is -2.45. The first-order valence-corrected chi connectivity index (χ1v) is 8.26. The van der Waals surface area contributed by atoms with Gasteiger partial charge >= 0.3 is 0 Å². The fraction of sp³-hybridized carbons (Fsp3) is 0.625. The number of aliphatic hydroxyl groups excluding tert-OH is 1. The zero-order valence-electron chi connectivity index (χ0n) is 12.8. The Labute approximate surface area is 137 Å². The summed E-state index contributed by atoms with van der Waals surface area (Å²) in [6.07, 6.45) is 1.87. The molecular weight excluding hydrogens is 307 g/mol. The summed E-state index contributed by atoms with van der Waals surface area (Å²) in [6, 6.07) is 5.80. The highest BCUT2D eigenvalue weighted by Gasteiger charge is 2.29. The fourth-order valence-corrected chi connectivity index (χ4v) is 3.37. The van der Waals surface area contributed by atoms with Gasteiger partial charge in [-0.15, -0.1) is 0 Å². The van der Waals surface area contributed by atoms with Gasteiger partial charge in [0.2, 0.25) is 0 Å². The highest BCUT2D eigenvalue weighted by molar-refractivity contribution is 6.43. The Morgan fingerprint density at radius 1 is 1.14 bits per heavy atom. The zero-order valence-corrected chi connectivity index (χ0v) is 14.3. The molecule has 0 unspecified atom stereocenters. The van der Waals surface area contributed by atoms with Gasteiger partial charge in [0, 0.05) is 38.3 Å². The molecule has 1 aliphatic rings. The van der Waals surface area contributed by atoms with E-state index in [1.807, 2.05) is 18.2 Å². The van der Waals surface area contributed by atoms with Crippen molar-refractivity contribution in [3.8, 4) is 0 Å². The van der Waals surface area contributed by atoms with Gasteiger partial charge in [0.1, 0.15) is 0 Å². The topological polar surface area (TPSA) is 26.7 Å². The molecule has 1 fully saturated rings. The standard InChI is InChI=1S/C16H24Cl2N2O/c1-16(2,7-4-12-21)20-10-8-19(9-11-20)14-6-3-5-13(17)15(14)18/h3,5-6,21H,4,7-12H2,1-2H3. The van der Waals surface area contributed by atoms with Crippen LogP contribution in [0.15, 0.2) is 18.2 Å². The summed E-state index contributed by atoms with van der Waals surface area (Å²) in [4.78, 5) is 4.80. The molecule has 0 saturated carbocycles. The van der Waals surface area contributed by atoms with E-state index < -0.39 is 0 Å². The van der Waals surface area contributed by atoms with Crippen LogP contribution in [0.5, 0.6) is 0 Å². The van der Waals surface area contributed by atoms with E-state index in [0.717, 1.165) is 44.7 Å². The lowest BCUT2D eigenvalue weighted by Crippen LogP contribution is -2.54. The summed E-state index contributed by atoms with van der Waals surface area (Å²) >= 11 is 12.4. The minimum Gasteiger partial charge on any atom is -0.396 e. The van der Waals surface area contributed by atoms with Crippen LogP contribution in [0.25, 0.3) is 0 Å². The third kappa shape index (κ3) is 4.04. The molecule has 0 bridgehead atoms. The summed E-state index contributed by atoms with van der Waals surface area (Å²) in [7, 11) is 0. The number of halogens is 2. The Hall–Kier alpha value is -0.480. The van der Waals surface area contributed by atoms with Gasteiger partial charge in [0.05, 0.1) is 15.7 Å². The molecule has 1 aromatic rings. The van der Waals surface area contributed by atoms with Crippen LogP contribution in [0.2, 0.25) is 10.0 Å². The van der Waals surface area contributed by atoms with Crippen LogP contribution in [0.1, 0.15) is 26.7 Å². The van der Waals surface area contributed by atoms with Gasteiger partial charge in [-0.25, -0.2) is 0 Å². The average molecular weight is 331 g/mol. The van der Waals surface area contributed by atoms with Gasteiger partial charge in [-0.3, -0.25) is 4.90 Å². The Bertz CT molecular complexity index is 471. The molecule has 1 saturated heterocycles. The van der Waals surface area contributed by atoms with Crippen LogP contribution < -0.4 is 4.90 Å².